The highest BCUT2D eigenvalue weighted by atomic mass is 16.6. The number of quaternary nitrogens is 1. The second-order valence-corrected chi connectivity index (χ2v) is 10.2. The maximum Gasteiger partial charge on any atom is 0.315 e. The number of epoxide rings is 1. The van der Waals surface area contributed by atoms with E-state index in [1.165, 1.54) is 51.4 Å². The Morgan fingerprint density at radius 1 is 1.30 bits per heavy atom. The lowest BCUT2D eigenvalue weighted by Gasteiger charge is -2.48. The summed E-state index contributed by atoms with van der Waals surface area (Å²) in [6, 6.07) is 0. The number of allylic oxidation sites excluding steroid dienone is 1. The summed E-state index contributed by atoms with van der Waals surface area (Å²) in [4.78, 5) is 12.7. The van der Waals surface area contributed by atoms with Crippen LogP contribution < -0.4 is 5.32 Å². The first kappa shape index (κ1) is 18.2. The summed E-state index contributed by atoms with van der Waals surface area (Å²) < 4.78 is 12.4. The number of nitrogens with two attached hydrogens (primary N) is 1. The fourth-order valence-corrected chi connectivity index (χ4v) is 7.22. The van der Waals surface area contributed by atoms with Crippen molar-refractivity contribution in [3.05, 3.63) is 11.6 Å². The van der Waals surface area contributed by atoms with Gasteiger partial charge in [0, 0.05) is 17.8 Å². The van der Waals surface area contributed by atoms with Crippen LogP contribution in [0.5, 0.6) is 0 Å². The van der Waals surface area contributed by atoms with Crippen LogP contribution in [0.2, 0.25) is 0 Å². The lowest BCUT2D eigenvalue weighted by Crippen LogP contribution is -2.86. The molecule has 0 bridgehead atoms. The van der Waals surface area contributed by atoms with E-state index in [0.717, 1.165) is 19.5 Å². The van der Waals surface area contributed by atoms with E-state index in [9.17, 15) is 4.79 Å². The summed E-state index contributed by atoms with van der Waals surface area (Å²) in [5.74, 6) is 0.967. The van der Waals surface area contributed by atoms with Crippen molar-refractivity contribution in [2.24, 2.45) is 23.2 Å². The quantitative estimate of drug-likeness (QED) is 0.348. The largest absolute Gasteiger partial charge is 0.462 e. The standard InChI is InChI=1S/C23H35NO3/c1-15-7-6-11-22(2)13-18-19(20-23(15,22)27-20)17(21(25)26-18)14-24-12-10-16-8-4-3-5-9-16/h8,15,17-20,24H,3-7,9-14H2,1-2H3/p+1/t15-,17+,18-,19-,20+,22-,23+/m1/s1. The van der Waals surface area contributed by atoms with Crippen LogP contribution in [0.15, 0.2) is 11.6 Å². The number of carbonyl (C=O) groups is 1. The molecule has 0 aromatic heterocycles. The van der Waals surface area contributed by atoms with Crippen molar-refractivity contribution in [1.82, 2.24) is 0 Å². The molecule has 0 aromatic carbocycles. The molecule has 5 aliphatic rings. The number of fused-ring (bicyclic) bond motifs is 2. The van der Waals surface area contributed by atoms with Crippen molar-refractivity contribution >= 4 is 5.97 Å². The average Bonchev–Trinajstić information content (AvgIpc) is 3.34. The van der Waals surface area contributed by atoms with E-state index >= 15 is 0 Å². The minimum atomic E-state index is 0.0263. The summed E-state index contributed by atoms with van der Waals surface area (Å²) in [5, 5.41) is 2.36. The van der Waals surface area contributed by atoms with Gasteiger partial charge in [-0.2, -0.15) is 0 Å². The van der Waals surface area contributed by atoms with Crippen molar-refractivity contribution < 1.29 is 19.6 Å². The van der Waals surface area contributed by atoms with E-state index in [2.05, 4.69) is 25.2 Å². The zero-order chi connectivity index (χ0) is 18.6. The van der Waals surface area contributed by atoms with E-state index < -0.39 is 0 Å². The molecule has 2 saturated carbocycles. The fourth-order valence-electron chi connectivity index (χ4n) is 7.22. The Morgan fingerprint density at radius 2 is 2.19 bits per heavy atom. The third-order valence-electron chi connectivity index (χ3n) is 8.67. The van der Waals surface area contributed by atoms with Crippen LogP contribution in [0.25, 0.3) is 0 Å². The van der Waals surface area contributed by atoms with Crippen LogP contribution in [0.3, 0.4) is 0 Å². The topological polar surface area (TPSA) is 55.4 Å². The Hall–Kier alpha value is -0.870. The molecule has 2 N–H and O–H groups in total. The molecule has 0 unspecified atom stereocenters. The molecule has 4 nitrogen and oxygen atoms in total. The second-order valence-electron chi connectivity index (χ2n) is 10.2. The zero-order valence-electron chi connectivity index (χ0n) is 17.0. The molecule has 2 aliphatic heterocycles. The molecule has 2 saturated heterocycles. The van der Waals surface area contributed by atoms with Crippen LogP contribution in [-0.4, -0.2) is 36.9 Å². The first-order valence-corrected chi connectivity index (χ1v) is 11.4. The third-order valence-corrected chi connectivity index (χ3v) is 8.67. The number of esters is 1. The van der Waals surface area contributed by atoms with E-state index in [4.69, 9.17) is 9.47 Å². The lowest BCUT2D eigenvalue weighted by molar-refractivity contribution is -0.658. The fraction of sp³-hybridized carbons (Fsp3) is 0.870. The molecule has 3 aliphatic carbocycles. The molecule has 1 spiro atoms. The van der Waals surface area contributed by atoms with Crippen LogP contribution >= 0.6 is 0 Å². The van der Waals surface area contributed by atoms with Gasteiger partial charge in [0.1, 0.15) is 17.6 Å². The summed E-state index contributed by atoms with van der Waals surface area (Å²) in [6.45, 7) is 6.73. The predicted octanol–water partition coefficient (Wildman–Crippen LogP) is 2.97. The molecular weight excluding hydrogens is 338 g/mol. The van der Waals surface area contributed by atoms with Crippen molar-refractivity contribution in [3.63, 3.8) is 0 Å². The highest BCUT2D eigenvalue weighted by Gasteiger charge is 2.78. The average molecular weight is 375 g/mol. The van der Waals surface area contributed by atoms with Gasteiger partial charge >= 0.3 is 5.97 Å². The summed E-state index contributed by atoms with van der Waals surface area (Å²) in [7, 11) is 0. The van der Waals surface area contributed by atoms with Gasteiger partial charge in [-0.05, 0) is 50.9 Å². The normalized spacial score (nSPS) is 48.1. The lowest BCUT2D eigenvalue weighted by atomic mass is 9.53. The van der Waals surface area contributed by atoms with E-state index in [0.29, 0.717) is 5.92 Å². The Labute approximate surface area is 163 Å². The highest BCUT2D eigenvalue weighted by molar-refractivity contribution is 5.76. The number of hydrogen-bond acceptors (Lipinski definition) is 3. The molecule has 27 heavy (non-hydrogen) atoms. The number of carbonyl (C=O) groups excluding carboxylic acids is 1. The van der Waals surface area contributed by atoms with Gasteiger partial charge in [0.2, 0.25) is 0 Å². The van der Waals surface area contributed by atoms with Crippen molar-refractivity contribution in [3.8, 4) is 0 Å². The molecule has 5 rings (SSSR count). The van der Waals surface area contributed by atoms with Gasteiger partial charge in [-0.1, -0.05) is 31.9 Å². The molecule has 0 radical (unpaired) electrons. The van der Waals surface area contributed by atoms with Crippen molar-refractivity contribution in [2.45, 2.75) is 89.4 Å². The molecule has 4 fully saturated rings. The molecular formula is C23H36NO3+. The molecule has 0 amide bonds. The maximum absolute atomic E-state index is 12.7. The van der Waals surface area contributed by atoms with Crippen molar-refractivity contribution in [1.29, 1.82) is 0 Å². The Balaban J connectivity index is 1.23. The monoisotopic (exact) mass is 374 g/mol. The first-order chi connectivity index (χ1) is 13.1. The number of rotatable bonds is 5. The van der Waals surface area contributed by atoms with Crippen LogP contribution in [0, 0.1) is 23.2 Å². The van der Waals surface area contributed by atoms with E-state index in [-0.39, 0.29) is 41.0 Å². The molecule has 4 heteroatoms. The Kier molecular flexibility index (Phi) is 4.43. The minimum absolute atomic E-state index is 0.0263. The van der Waals surface area contributed by atoms with Crippen LogP contribution in [0.4, 0.5) is 0 Å². The maximum atomic E-state index is 12.7. The minimum Gasteiger partial charge on any atom is -0.462 e. The van der Waals surface area contributed by atoms with Gasteiger partial charge in [-0.3, -0.25) is 4.79 Å². The Morgan fingerprint density at radius 3 is 3.00 bits per heavy atom. The van der Waals surface area contributed by atoms with E-state index in [1.807, 2.05) is 0 Å². The third kappa shape index (κ3) is 2.73. The molecule has 2 heterocycles. The number of hydrogen-bond donors (Lipinski definition) is 1. The zero-order valence-corrected chi connectivity index (χ0v) is 17.0. The van der Waals surface area contributed by atoms with Gasteiger partial charge in [-0.25, -0.2) is 0 Å². The van der Waals surface area contributed by atoms with Crippen LogP contribution in [-0.2, 0) is 14.3 Å². The van der Waals surface area contributed by atoms with Crippen LogP contribution in [0.1, 0.15) is 71.6 Å². The predicted molar refractivity (Wildman–Crippen MR) is 103 cm³/mol. The van der Waals surface area contributed by atoms with Gasteiger partial charge < -0.3 is 14.8 Å². The molecule has 150 valence electrons. The number of ether oxygens (including phenoxy) is 2. The smallest absolute Gasteiger partial charge is 0.315 e. The van der Waals surface area contributed by atoms with E-state index in [1.54, 1.807) is 5.57 Å². The summed E-state index contributed by atoms with van der Waals surface area (Å²) in [5.41, 5.74) is 1.85. The highest BCUT2D eigenvalue weighted by Crippen LogP contribution is 2.70. The first-order valence-electron chi connectivity index (χ1n) is 11.4. The molecule has 0 aromatic rings. The SMILES string of the molecule is C[C@@H]1CCC[C@]2(C)C[C@H]3OC(=O)[C@@H](C[NH2+]CCC4=CCCCC4)[C@H]3[C@@H]3O[C@@]132. The van der Waals surface area contributed by atoms with Gasteiger partial charge in [0.05, 0.1) is 19.2 Å². The van der Waals surface area contributed by atoms with Gasteiger partial charge in [-0.15, -0.1) is 0 Å². The Bertz CT molecular complexity index is 646. The van der Waals surface area contributed by atoms with Gasteiger partial charge in [0.15, 0.2) is 0 Å². The molecule has 7 atom stereocenters. The second kappa shape index (κ2) is 6.59. The summed E-state index contributed by atoms with van der Waals surface area (Å²) in [6.07, 6.45) is 14.0. The van der Waals surface area contributed by atoms with Gasteiger partial charge in [0.25, 0.3) is 0 Å². The van der Waals surface area contributed by atoms with Crippen molar-refractivity contribution in [2.75, 3.05) is 13.1 Å². The summed E-state index contributed by atoms with van der Waals surface area (Å²) >= 11 is 0.